The summed E-state index contributed by atoms with van der Waals surface area (Å²) in [5.41, 5.74) is 2.91. The van der Waals surface area contributed by atoms with Gasteiger partial charge >= 0.3 is 0 Å². The lowest BCUT2D eigenvalue weighted by molar-refractivity contribution is 0.714. The summed E-state index contributed by atoms with van der Waals surface area (Å²) in [6, 6.07) is 20.8. The van der Waals surface area contributed by atoms with Gasteiger partial charge in [0.2, 0.25) is 4.77 Å². The number of aromatic amines is 1. The molecule has 0 spiro atoms. The second kappa shape index (κ2) is 6.79. The molecule has 142 valence electrons. The third kappa shape index (κ3) is 2.96. The SMILES string of the molecule is Cc1cc(C)n(-c2n[nH]c(=S)n2/N=C\c2c3ccccc3cc3ccccc23)n1. The number of fused-ring (bicyclic) bond motifs is 2. The molecule has 0 aliphatic rings. The molecule has 0 aliphatic heterocycles. The number of nitrogens with one attached hydrogen (secondary N) is 1. The highest BCUT2D eigenvalue weighted by atomic mass is 32.1. The molecule has 0 saturated heterocycles. The highest BCUT2D eigenvalue weighted by molar-refractivity contribution is 7.71. The summed E-state index contributed by atoms with van der Waals surface area (Å²) in [5, 5.41) is 21.0. The summed E-state index contributed by atoms with van der Waals surface area (Å²) in [5.74, 6) is 0.529. The first kappa shape index (κ1) is 17.5. The number of hydrogen-bond donors (Lipinski definition) is 1. The number of hydrogen-bond acceptors (Lipinski definition) is 4. The van der Waals surface area contributed by atoms with E-state index in [-0.39, 0.29) is 0 Å². The van der Waals surface area contributed by atoms with Crippen LogP contribution in [-0.2, 0) is 0 Å². The fourth-order valence-electron chi connectivity index (χ4n) is 3.66. The molecule has 0 amide bonds. The zero-order valence-corrected chi connectivity index (χ0v) is 16.8. The highest BCUT2D eigenvalue weighted by Crippen LogP contribution is 2.27. The number of H-pyrrole nitrogens is 1. The molecule has 0 unspecified atom stereocenters. The van der Waals surface area contributed by atoms with E-state index in [4.69, 9.17) is 17.3 Å². The van der Waals surface area contributed by atoms with Gasteiger partial charge in [-0.3, -0.25) is 0 Å². The highest BCUT2D eigenvalue weighted by Gasteiger charge is 2.12. The summed E-state index contributed by atoms with van der Waals surface area (Å²) in [6.07, 6.45) is 1.85. The normalized spacial score (nSPS) is 11.8. The van der Waals surface area contributed by atoms with E-state index in [2.05, 4.69) is 45.6 Å². The maximum Gasteiger partial charge on any atom is 0.271 e. The van der Waals surface area contributed by atoms with Crippen LogP contribution in [0.15, 0.2) is 65.8 Å². The van der Waals surface area contributed by atoms with E-state index in [9.17, 15) is 0 Å². The molecule has 0 radical (unpaired) electrons. The van der Waals surface area contributed by atoms with E-state index < -0.39 is 0 Å². The molecule has 0 saturated carbocycles. The molecule has 29 heavy (non-hydrogen) atoms. The van der Waals surface area contributed by atoms with Crippen molar-refractivity contribution in [3.63, 3.8) is 0 Å². The van der Waals surface area contributed by atoms with Gasteiger partial charge in [-0.15, -0.1) is 5.10 Å². The summed E-state index contributed by atoms with van der Waals surface area (Å²) in [4.78, 5) is 0. The van der Waals surface area contributed by atoms with E-state index in [1.807, 2.05) is 50.4 Å². The Morgan fingerprint density at radius 3 is 2.24 bits per heavy atom. The number of benzene rings is 3. The lowest BCUT2D eigenvalue weighted by atomic mass is 9.97. The van der Waals surface area contributed by atoms with Crippen molar-refractivity contribution in [2.24, 2.45) is 5.10 Å². The molecular weight excluding hydrogens is 380 g/mol. The minimum absolute atomic E-state index is 0.411. The first-order chi connectivity index (χ1) is 14.1. The van der Waals surface area contributed by atoms with Gasteiger partial charge in [0.05, 0.1) is 11.9 Å². The minimum atomic E-state index is 0.411. The van der Waals surface area contributed by atoms with Crippen LogP contribution in [0, 0.1) is 18.6 Å². The van der Waals surface area contributed by atoms with Gasteiger partial charge in [-0.1, -0.05) is 48.5 Å². The fraction of sp³-hybridized carbons (Fsp3) is 0.0909. The quantitative estimate of drug-likeness (QED) is 0.266. The molecule has 3 aromatic carbocycles. The van der Waals surface area contributed by atoms with E-state index >= 15 is 0 Å². The molecular formula is C22H18N6S. The number of nitrogens with zero attached hydrogens (tertiary/aromatic N) is 5. The summed E-state index contributed by atoms with van der Waals surface area (Å²) >= 11 is 5.42. The minimum Gasteiger partial charge on any atom is -0.248 e. The van der Waals surface area contributed by atoms with Gasteiger partial charge in [0.25, 0.3) is 5.95 Å². The Bertz CT molecular complexity index is 1400. The Hall–Kier alpha value is -3.58. The predicted octanol–water partition coefficient (Wildman–Crippen LogP) is 4.93. The van der Waals surface area contributed by atoms with Crippen LogP contribution in [-0.4, -0.2) is 30.9 Å². The lowest BCUT2D eigenvalue weighted by Gasteiger charge is -2.08. The van der Waals surface area contributed by atoms with Crippen LogP contribution in [0.1, 0.15) is 17.0 Å². The molecule has 0 fully saturated rings. The summed E-state index contributed by atoms with van der Waals surface area (Å²) in [6.45, 7) is 3.92. The number of aromatic nitrogens is 5. The largest absolute Gasteiger partial charge is 0.271 e. The smallest absolute Gasteiger partial charge is 0.248 e. The Labute approximate surface area is 172 Å². The summed E-state index contributed by atoms with van der Waals surface area (Å²) in [7, 11) is 0. The van der Waals surface area contributed by atoms with Gasteiger partial charge in [0, 0.05) is 11.3 Å². The van der Waals surface area contributed by atoms with Gasteiger partial charge in [0.1, 0.15) is 0 Å². The van der Waals surface area contributed by atoms with Crippen LogP contribution in [0.5, 0.6) is 0 Å². The molecule has 0 bridgehead atoms. The van der Waals surface area contributed by atoms with Crippen LogP contribution in [0.25, 0.3) is 27.5 Å². The van der Waals surface area contributed by atoms with Gasteiger partial charge in [-0.25, -0.2) is 9.78 Å². The Balaban J connectivity index is 1.72. The zero-order chi connectivity index (χ0) is 20.0. The van der Waals surface area contributed by atoms with E-state index in [0.29, 0.717) is 10.7 Å². The van der Waals surface area contributed by atoms with Crippen molar-refractivity contribution in [2.75, 3.05) is 0 Å². The molecule has 2 heterocycles. The monoisotopic (exact) mass is 398 g/mol. The van der Waals surface area contributed by atoms with Crippen molar-refractivity contribution >= 4 is 40.0 Å². The van der Waals surface area contributed by atoms with Crippen molar-refractivity contribution in [3.05, 3.63) is 82.4 Å². The zero-order valence-electron chi connectivity index (χ0n) is 16.0. The molecule has 2 aromatic heterocycles. The van der Waals surface area contributed by atoms with E-state index in [0.717, 1.165) is 27.7 Å². The average molecular weight is 398 g/mol. The third-order valence-corrected chi connectivity index (χ3v) is 5.21. The van der Waals surface area contributed by atoms with Gasteiger partial charge in [-0.2, -0.15) is 14.9 Å². The fourth-order valence-corrected chi connectivity index (χ4v) is 3.83. The Kier molecular flexibility index (Phi) is 4.10. The van der Waals surface area contributed by atoms with Crippen LogP contribution in [0.3, 0.4) is 0 Å². The molecule has 5 aromatic rings. The first-order valence-electron chi connectivity index (χ1n) is 9.28. The second-order valence-electron chi connectivity index (χ2n) is 6.96. The molecule has 5 rings (SSSR count). The number of aryl methyl sites for hydroxylation is 2. The standard InChI is InChI=1S/C22H18N6S/c1-14-11-15(2)27(26-14)21-24-25-22(29)28(21)23-13-20-18-9-5-3-7-16(18)12-17-8-4-6-10-19(17)20/h3-13H,1-2H3,(H,25,29)/b23-13-. The Morgan fingerprint density at radius 2 is 1.62 bits per heavy atom. The van der Waals surface area contributed by atoms with Crippen molar-refractivity contribution < 1.29 is 0 Å². The number of rotatable bonds is 3. The topological polar surface area (TPSA) is 63.8 Å². The van der Waals surface area contributed by atoms with Crippen LogP contribution in [0.4, 0.5) is 0 Å². The third-order valence-electron chi connectivity index (χ3n) is 4.95. The van der Waals surface area contributed by atoms with Crippen molar-refractivity contribution in [1.82, 2.24) is 24.7 Å². The van der Waals surface area contributed by atoms with Gasteiger partial charge in [-0.05, 0) is 59.7 Å². The average Bonchev–Trinajstić information content (AvgIpc) is 3.25. The van der Waals surface area contributed by atoms with Crippen molar-refractivity contribution in [1.29, 1.82) is 0 Å². The van der Waals surface area contributed by atoms with Crippen LogP contribution in [0.2, 0.25) is 0 Å². The summed E-state index contributed by atoms with van der Waals surface area (Å²) < 4.78 is 3.75. The van der Waals surface area contributed by atoms with Crippen LogP contribution < -0.4 is 0 Å². The molecule has 7 heteroatoms. The second-order valence-corrected chi connectivity index (χ2v) is 7.34. The predicted molar refractivity (Wildman–Crippen MR) is 118 cm³/mol. The van der Waals surface area contributed by atoms with Gasteiger partial charge < -0.3 is 0 Å². The maximum atomic E-state index is 5.42. The van der Waals surface area contributed by atoms with Gasteiger partial charge in [0.15, 0.2) is 0 Å². The molecule has 1 N–H and O–H groups in total. The molecule has 6 nitrogen and oxygen atoms in total. The Morgan fingerprint density at radius 1 is 0.966 bits per heavy atom. The molecule has 0 atom stereocenters. The van der Waals surface area contributed by atoms with E-state index in [1.165, 1.54) is 10.8 Å². The maximum absolute atomic E-state index is 5.42. The molecule has 0 aliphatic carbocycles. The van der Waals surface area contributed by atoms with Crippen LogP contribution >= 0.6 is 12.2 Å². The van der Waals surface area contributed by atoms with E-state index in [1.54, 1.807) is 9.36 Å². The first-order valence-corrected chi connectivity index (χ1v) is 9.68. The van der Waals surface area contributed by atoms with Crippen molar-refractivity contribution in [2.45, 2.75) is 13.8 Å². The van der Waals surface area contributed by atoms with Crippen molar-refractivity contribution in [3.8, 4) is 5.95 Å². The lowest BCUT2D eigenvalue weighted by Crippen LogP contribution is -2.07.